The van der Waals surface area contributed by atoms with E-state index >= 15 is 0 Å². The van der Waals surface area contributed by atoms with Crippen LogP contribution in [0.3, 0.4) is 0 Å². The monoisotopic (exact) mass is 354 g/mol. The quantitative estimate of drug-likeness (QED) is 0.577. The van der Waals surface area contributed by atoms with Gasteiger partial charge in [-0.2, -0.15) is 0 Å². The minimum atomic E-state index is -0.633. The first-order valence-electron chi connectivity index (χ1n) is 8.41. The van der Waals surface area contributed by atoms with Crippen LogP contribution in [0.15, 0.2) is 59.4 Å². The second-order valence-corrected chi connectivity index (χ2v) is 6.02. The molecule has 0 aliphatic heterocycles. The molecule has 3 rings (SSSR count). The van der Waals surface area contributed by atoms with Crippen molar-refractivity contribution in [3.05, 3.63) is 70.5 Å². The van der Waals surface area contributed by atoms with Crippen molar-refractivity contribution in [1.29, 1.82) is 0 Å². The van der Waals surface area contributed by atoms with Crippen molar-refractivity contribution in [1.82, 2.24) is 10.3 Å². The summed E-state index contributed by atoms with van der Waals surface area (Å²) in [5.74, 6) is 1.46. The number of hydrogen-bond donors (Lipinski definition) is 3. The molecule has 26 heavy (non-hydrogen) atoms. The number of rotatable bonds is 8. The maximum atomic E-state index is 11.3. The zero-order valence-electron chi connectivity index (χ0n) is 14.6. The zero-order chi connectivity index (χ0) is 18.4. The second kappa shape index (κ2) is 8.51. The third-order valence-corrected chi connectivity index (χ3v) is 3.98. The molecule has 0 bridgehead atoms. The van der Waals surface area contributed by atoms with Gasteiger partial charge in [-0.25, -0.2) is 0 Å². The van der Waals surface area contributed by atoms with E-state index in [2.05, 4.69) is 10.3 Å². The number of nitrogens with one attached hydrogen (secondary N) is 2. The Balaban J connectivity index is 1.47. The van der Waals surface area contributed by atoms with Gasteiger partial charge in [0.25, 0.3) is 0 Å². The van der Waals surface area contributed by atoms with Crippen molar-refractivity contribution in [2.45, 2.75) is 12.6 Å². The summed E-state index contributed by atoms with van der Waals surface area (Å²) in [6.07, 6.45) is -0.633. The summed E-state index contributed by atoms with van der Waals surface area (Å²) in [4.78, 5) is 14.0. The minimum Gasteiger partial charge on any atom is -0.497 e. The van der Waals surface area contributed by atoms with Crippen molar-refractivity contribution in [2.24, 2.45) is 0 Å². The summed E-state index contributed by atoms with van der Waals surface area (Å²) in [5, 5.41) is 14.2. The van der Waals surface area contributed by atoms with Gasteiger partial charge in [-0.15, -0.1) is 0 Å². The van der Waals surface area contributed by atoms with Crippen LogP contribution in [0, 0.1) is 0 Å². The number of aromatic nitrogens is 1. The van der Waals surface area contributed by atoms with Gasteiger partial charge in [0.2, 0.25) is 5.56 Å². The molecule has 1 atom stereocenters. The van der Waals surface area contributed by atoms with E-state index in [-0.39, 0.29) is 12.2 Å². The Hall–Kier alpha value is -2.83. The molecule has 0 aliphatic rings. The van der Waals surface area contributed by atoms with E-state index in [9.17, 15) is 9.90 Å². The minimum absolute atomic E-state index is 0.135. The number of pyridine rings is 1. The Kier molecular flexibility index (Phi) is 5.88. The van der Waals surface area contributed by atoms with E-state index in [0.29, 0.717) is 18.8 Å². The fourth-order valence-corrected chi connectivity index (χ4v) is 2.64. The smallest absolute Gasteiger partial charge is 0.248 e. The van der Waals surface area contributed by atoms with Gasteiger partial charge in [-0.1, -0.05) is 12.1 Å². The first kappa shape index (κ1) is 18.0. The van der Waals surface area contributed by atoms with Crippen LogP contribution in [-0.2, 0) is 6.54 Å². The van der Waals surface area contributed by atoms with Crippen molar-refractivity contribution in [3.8, 4) is 11.5 Å². The average Bonchev–Trinajstić information content (AvgIpc) is 2.66. The molecule has 1 heterocycles. The number of hydrogen-bond acceptors (Lipinski definition) is 5. The van der Waals surface area contributed by atoms with E-state index in [0.717, 1.165) is 22.2 Å². The molecule has 0 radical (unpaired) electrons. The summed E-state index contributed by atoms with van der Waals surface area (Å²) < 4.78 is 10.8. The van der Waals surface area contributed by atoms with Crippen LogP contribution < -0.4 is 20.3 Å². The summed E-state index contributed by atoms with van der Waals surface area (Å²) in [6, 6.07) is 16.4. The van der Waals surface area contributed by atoms with Crippen LogP contribution in [0.4, 0.5) is 0 Å². The molecular formula is C20H22N2O4. The van der Waals surface area contributed by atoms with E-state index in [1.54, 1.807) is 25.3 Å². The molecule has 0 saturated heterocycles. The maximum Gasteiger partial charge on any atom is 0.248 e. The van der Waals surface area contributed by atoms with E-state index in [4.69, 9.17) is 9.47 Å². The summed E-state index contributed by atoms with van der Waals surface area (Å²) in [7, 11) is 1.64. The molecule has 1 unspecified atom stereocenters. The molecule has 0 saturated carbocycles. The van der Waals surface area contributed by atoms with Gasteiger partial charge in [-0.3, -0.25) is 4.79 Å². The third kappa shape index (κ3) is 4.84. The van der Waals surface area contributed by atoms with Crippen LogP contribution in [0.1, 0.15) is 5.56 Å². The van der Waals surface area contributed by atoms with Crippen molar-refractivity contribution < 1.29 is 14.6 Å². The number of aromatic amines is 1. The number of H-pyrrole nitrogens is 1. The lowest BCUT2D eigenvalue weighted by Gasteiger charge is -2.14. The first-order valence-corrected chi connectivity index (χ1v) is 8.41. The van der Waals surface area contributed by atoms with E-state index in [1.165, 1.54) is 6.07 Å². The molecular weight excluding hydrogens is 332 g/mol. The van der Waals surface area contributed by atoms with Crippen LogP contribution in [0.5, 0.6) is 11.5 Å². The van der Waals surface area contributed by atoms with Crippen LogP contribution in [0.2, 0.25) is 0 Å². The predicted molar refractivity (Wildman–Crippen MR) is 101 cm³/mol. The molecule has 6 nitrogen and oxygen atoms in total. The van der Waals surface area contributed by atoms with Crippen molar-refractivity contribution in [2.75, 3.05) is 20.3 Å². The topological polar surface area (TPSA) is 83.6 Å². The molecule has 0 aliphatic carbocycles. The molecule has 6 heteroatoms. The molecule has 136 valence electrons. The number of aliphatic hydroxyl groups is 1. The number of methoxy groups -OCH3 is 1. The van der Waals surface area contributed by atoms with Gasteiger partial charge in [0, 0.05) is 30.1 Å². The Morgan fingerprint density at radius 2 is 2.00 bits per heavy atom. The fourth-order valence-electron chi connectivity index (χ4n) is 2.64. The average molecular weight is 354 g/mol. The molecule has 0 spiro atoms. The number of aliphatic hydroxyl groups excluding tert-OH is 1. The SMILES string of the molecule is COc1cccc(CNCC(O)COc2ccc3[nH]c(=O)ccc3c2)c1. The van der Waals surface area contributed by atoms with Crippen LogP contribution in [-0.4, -0.2) is 36.5 Å². The van der Waals surface area contributed by atoms with Crippen molar-refractivity contribution in [3.63, 3.8) is 0 Å². The van der Waals surface area contributed by atoms with Crippen LogP contribution in [0.25, 0.3) is 10.9 Å². The lowest BCUT2D eigenvalue weighted by molar-refractivity contribution is 0.106. The summed E-state index contributed by atoms with van der Waals surface area (Å²) >= 11 is 0. The lowest BCUT2D eigenvalue weighted by atomic mass is 10.2. The molecule has 1 aromatic heterocycles. The van der Waals surface area contributed by atoms with Gasteiger partial charge < -0.3 is 24.9 Å². The van der Waals surface area contributed by atoms with Gasteiger partial charge in [0.1, 0.15) is 24.2 Å². The van der Waals surface area contributed by atoms with E-state index < -0.39 is 6.10 Å². The van der Waals surface area contributed by atoms with Gasteiger partial charge in [-0.05, 0) is 42.0 Å². The number of fused-ring (bicyclic) bond motifs is 1. The van der Waals surface area contributed by atoms with E-state index in [1.807, 2.05) is 30.3 Å². The standard InChI is InChI=1S/C20H22N2O4/c1-25-17-4-2-3-14(9-17)11-21-12-16(23)13-26-18-6-7-19-15(10-18)5-8-20(24)22-19/h2-10,16,21,23H,11-13H2,1H3,(H,22,24). The normalized spacial score (nSPS) is 12.1. The molecule has 3 aromatic rings. The molecule has 0 fully saturated rings. The van der Waals surface area contributed by atoms with Gasteiger partial charge >= 0.3 is 0 Å². The zero-order valence-corrected chi connectivity index (χ0v) is 14.6. The highest BCUT2D eigenvalue weighted by Gasteiger charge is 2.06. The predicted octanol–water partition coefficient (Wildman–Crippen LogP) is 2.07. The molecule has 3 N–H and O–H groups in total. The largest absolute Gasteiger partial charge is 0.497 e. The first-order chi connectivity index (χ1) is 12.6. The second-order valence-electron chi connectivity index (χ2n) is 6.02. The van der Waals surface area contributed by atoms with Gasteiger partial charge in [0.05, 0.1) is 7.11 Å². The Labute approximate surface area is 151 Å². The third-order valence-electron chi connectivity index (χ3n) is 3.98. The fraction of sp³-hybridized carbons (Fsp3) is 0.250. The lowest BCUT2D eigenvalue weighted by Crippen LogP contribution is -2.31. The summed E-state index contributed by atoms with van der Waals surface area (Å²) in [5.41, 5.74) is 1.70. The number of ether oxygens (including phenoxy) is 2. The highest BCUT2D eigenvalue weighted by Crippen LogP contribution is 2.18. The highest BCUT2D eigenvalue weighted by atomic mass is 16.5. The number of benzene rings is 2. The molecule has 0 amide bonds. The Bertz CT molecular complexity index is 923. The molecule has 2 aromatic carbocycles. The Morgan fingerprint density at radius 3 is 2.85 bits per heavy atom. The van der Waals surface area contributed by atoms with Crippen LogP contribution >= 0.6 is 0 Å². The highest BCUT2D eigenvalue weighted by molar-refractivity contribution is 5.79. The maximum absolute atomic E-state index is 11.3. The Morgan fingerprint density at radius 1 is 1.12 bits per heavy atom. The van der Waals surface area contributed by atoms with Crippen molar-refractivity contribution >= 4 is 10.9 Å². The summed E-state index contributed by atoms with van der Waals surface area (Å²) in [6.45, 7) is 1.23. The van der Waals surface area contributed by atoms with Gasteiger partial charge in [0.15, 0.2) is 0 Å².